The van der Waals surface area contributed by atoms with Crippen LogP contribution in [0.3, 0.4) is 0 Å². The van der Waals surface area contributed by atoms with Crippen LogP contribution in [-0.4, -0.2) is 44.8 Å². The number of benzene rings is 2. The van der Waals surface area contributed by atoms with E-state index in [1.165, 1.54) is 35.7 Å². The number of esters is 1. The summed E-state index contributed by atoms with van der Waals surface area (Å²) in [5, 5.41) is 2.78. The first-order valence-corrected chi connectivity index (χ1v) is 11.0. The molecule has 0 bridgehead atoms. The van der Waals surface area contributed by atoms with Gasteiger partial charge in [-0.1, -0.05) is 24.3 Å². The third-order valence-electron chi connectivity index (χ3n) is 5.09. The molecule has 30 heavy (non-hydrogen) atoms. The highest BCUT2D eigenvalue weighted by molar-refractivity contribution is 7.89. The maximum absolute atomic E-state index is 13.2. The molecule has 1 amide bonds. The van der Waals surface area contributed by atoms with E-state index < -0.39 is 16.0 Å². The van der Waals surface area contributed by atoms with Crippen LogP contribution in [0.15, 0.2) is 53.4 Å². The summed E-state index contributed by atoms with van der Waals surface area (Å²) >= 11 is 0. The van der Waals surface area contributed by atoms with Crippen molar-refractivity contribution in [2.24, 2.45) is 5.92 Å². The van der Waals surface area contributed by atoms with Gasteiger partial charge < -0.3 is 10.1 Å². The molecule has 7 nitrogen and oxygen atoms in total. The van der Waals surface area contributed by atoms with Gasteiger partial charge in [-0.25, -0.2) is 17.6 Å². The molecule has 2 aromatic carbocycles. The van der Waals surface area contributed by atoms with Crippen LogP contribution in [0.4, 0.5) is 4.39 Å². The molecule has 0 atom stereocenters. The normalized spacial score (nSPS) is 15.5. The van der Waals surface area contributed by atoms with E-state index in [0.717, 1.165) is 0 Å². The van der Waals surface area contributed by atoms with Crippen molar-refractivity contribution in [3.05, 3.63) is 65.5 Å². The predicted molar refractivity (Wildman–Crippen MR) is 108 cm³/mol. The van der Waals surface area contributed by atoms with Crippen LogP contribution >= 0.6 is 0 Å². The molecule has 1 saturated heterocycles. The Hall–Kier alpha value is -2.78. The molecule has 160 valence electrons. The van der Waals surface area contributed by atoms with Crippen LogP contribution in [0.2, 0.25) is 0 Å². The Morgan fingerprint density at radius 1 is 1.13 bits per heavy atom. The Morgan fingerprint density at radius 3 is 2.50 bits per heavy atom. The van der Waals surface area contributed by atoms with Gasteiger partial charge in [-0.05, 0) is 42.7 Å². The molecule has 0 unspecified atom stereocenters. The van der Waals surface area contributed by atoms with Gasteiger partial charge in [-0.3, -0.25) is 4.79 Å². The standard InChI is InChI=1S/C21H23FN2O5S/c1-29-21(26)18-7-2-3-8-19(18)30(27,28)24-11-9-16(10-12-24)20(25)23-14-15-5-4-6-17(22)13-15/h2-8,13,16H,9-12,14H2,1H3,(H,23,25). The van der Waals surface area contributed by atoms with E-state index in [-0.39, 0.29) is 47.7 Å². The second-order valence-corrected chi connectivity index (χ2v) is 8.92. The number of sulfonamides is 1. The molecule has 1 fully saturated rings. The van der Waals surface area contributed by atoms with E-state index in [1.807, 2.05) is 0 Å². The van der Waals surface area contributed by atoms with Gasteiger partial charge in [0.15, 0.2) is 0 Å². The molecule has 0 spiro atoms. The van der Waals surface area contributed by atoms with Crippen molar-refractivity contribution in [1.29, 1.82) is 0 Å². The van der Waals surface area contributed by atoms with Gasteiger partial charge in [-0.2, -0.15) is 4.31 Å². The van der Waals surface area contributed by atoms with Crippen molar-refractivity contribution in [3.63, 3.8) is 0 Å². The Kier molecular flexibility index (Phi) is 6.84. The zero-order valence-electron chi connectivity index (χ0n) is 16.5. The van der Waals surface area contributed by atoms with E-state index in [1.54, 1.807) is 24.3 Å². The van der Waals surface area contributed by atoms with Gasteiger partial charge in [0.25, 0.3) is 0 Å². The molecule has 9 heteroatoms. The molecule has 1 heterocycles. The lowest BCUT2D eigenvalue weighted by Crippen LogP contribution is -2.43. The topological polar surface area (TPSA) is 92.8 Å². The summed E-state index contributed by atoms with van der Waals surface area (Å²) in [6, 6.07) is 11.9. The number of amides is 1. The maximum Gasteiger partial charge on any atom is 0.339 e. The largest absolute Gasteiger partial charge is 0.465 e. The van der Waals surface area contributed by atoms with Crippen molar-refractivity contribution >= 4 is 21.9 Å². The summed E-state index contributed by atoms with van der Waals surface area (Å²) in [7, 11) is -2.70. The first kappa shape index (κ1) is 21.9. The molecular weight excluding hydrogens is 411 g/mol. The summed E-state index contributed by atoms with van der Waals surface area (Å²) in [6.07, 6.45) is 0.712. The van der Waals surface area contributed by atoms with Crippen molar-refractivity contribution in [2.45, 2.75) is 24.3 Å². The number of rotatable bonds is 6. The number of nitrogens with one attached hydrogen (secondary N) is 1. The van der Waals surface area contributed by atoms with Gasteiger partial charge in [0.2, 0.25) is 15.9 Å². The van der Waals surface area contributed by atoms with Crippen LogP contribution in [0.1, 0.15) is 28.8 Å². The monoisotopic (exact) mass is 434 g/mol. The fraction of sp³-hybridized carbons (Fsp3) is 0.333. The molecule has 0 radical (unpaired) electrons. The van der Waals surface area contributed by atoms with E-state index in [0.29, 0.717) is 18.4 Å². The minimum Gasteiger partial charge on any atom is -0.465 e. The van der Waals surface area contributed by atoms with Crippen LogP contribution in [0, 0.1) is 11.7 Å². The molecule has 3 rings (SSSR count). The minimum absolute atomic E-state index is 0.0186. The lowest BCUT2D eigenvalue weighted by molar-refractivity contribution is -0.126. The summed E-state index contributed by atoms with van der Waals surface area (Å²) in [4.78, 5) is 24.3. The number of methoxy groups -OCH3 is 1. The van der Waals surface area contributed by atoms with E-state index in [4.69, 9.17) is 0 Å². The average Bonchev–Trinajstić information content (AvgIpc) is 2.77. The predicted octanol–water partition coefficient (Wildman–Crippen LogP) is 2.33. The number of piperidine rings is 1. The van der Waals surface area contributed by atoms with Crippen molar-refractivity contribution in [2.75, 3.05) is 20.2 Å². The Labute approximate surface area is 174 Å². The van der Waals surface area contributed by atoms with E-state index >= 15 is 0 Å². The molecule has 2 aromatic rings. The highest BCUT2D eigenvalue weighted by atomic mass is 32.2. The fourth-order valence-electron chi connectivity index (χ4n) is 3.45. The lowest BCUT2D eigenvalue weighted by Gasteiger charge is -2.31. The first-order valence-electron chi connectivity index (χ1n) is 9.52. The smallest absolute Gasteiger partial charge is 0.339 e. The molecule has 1 N–H and O–H groups in total. The maximum atomic E-state index is 13.2. The number of carbonyl (C=O) groups is 2. The van der Waals surface area contributed by atoms with E-state index in [9.17, 15) is 22.4 Å². The fourth-order valence-corrected chi connectivity index (χ4v) is 5.10. The summed E-state index contributed by atoms with van der Waals surface area (Å²) in [6.45, 7) is 0.535. The second kappa shape index (κ2) is 9.36. The zero-order chi connectivity index (χ0) is 21.7. The highest BCUT2D eigenvalue weighted by Crippen LogP contribution is 2.26. The summed E-state index contributed by atoms with van der Waals surface area (Å²) in [5.41, 5.74) is 0.637. The summed E-state index contributed by atoms with van der Waals surface area (Å²) in [5.74, 6) is -1.61. The van der Waals surface area contributed by atoms with Crippen molar-refractivity contribution in [3.8, 4) is 0 Å². The second-order valence-electron chi connectivity index (χ2n) is 7.01. The SMILES string of the molecule is COC(=O)c1ccccc1S(=O)(=O)N1CCC(C(=O)NCc2cccc(F)c2)CC1. The number of ether oxygens (including phenoxy) is 1. The molecule has 1 aliphatic rings. The summed E-state index contributed by atoms with van der Waals surface area (Å²) < 4.78 is 45.3. The lowest BCUT2D eigenvalue weighted by atomic mass is 9.97. The van der Waals surface area contributed by atoms with Gasteiger partial charge in [0.05, 0.1) is 17.6 Å². The Bertz CT molecular complexity index is 1030. The number of hydrogen-bond acceptors (Lipinski definition) is 5. The van der Waals surface area contributed by atoms with Crippen LogP contribution in [0.5, 0.6) is 0 Å². The van der Waals surface area contributed by atoms with Crippen molar-refractivity contribution < 1.29 is 27.1 Å². The molecule has 0 aromatic heterocycles. The molecular formula is C21H23FN2O5S. The number of carbonyl (C=O) groups excluding carboxylic acids is 2. The molecule has 0 saturated carbocycles. The Morgan fingerprint density at radius 2 is 1.83 bits per heavy atom. The van der Waals surface area contributed by atoms with E-state index in [2.05, 4.69) is 10.1 Å². The van der Waals surface area contributed by atoms with Crippen LogP contribution < -0.4 is 5.32 Å². The quantitative estimate of drug-likeness (QED) is 0.705. The zero-order valence-corrected chi connectivity index (χ0v) is 17.3. The average molecular weight is 434 g/mol. The molecule has 0 aliphatic carbocycles. The van der Waals surface area contributed by atoms with Gasteiger partial charge >= 0.3 is 5.97 Å². The van der Waals surface area contributed by atoms with Gasteiger partial charge in [0, 0.05) is 25.6 Å². The van der Waals surface area contributed by atoms with Crippen molar-refractivity contribution in [1.82, 2.24) is 9.62 Å². The van der Waals surface area contributed by atoms with Gasteiger partial charge in [0.1, 0.15) is 5.82 Å². The Balaban J connectivity index is 1.62. The van der Waals surface area contributed by atoms with Crippen LogP contribution in [0.25, 0.3) is 0 Å². The number of hydrogen-bond donors (Lipinski definition) is 1. The van der Waals surface area contributed by atoms with Gasteiger partial charge in [-0.15, -0.1) is 0 Å². The third-order valence-corrected chi connectivity index (χ3v) is 7.05. The molecule has 1 aliphatic heterocycles. The number of halogens is 1. The number of nitrogens with zero attached hydrogens (tertiary/aromatic N) is 1. The first-order chi connectivity index (χ1) is 14.3. The minimum atomic E-state index is -3.90. The van der Waals surface area contributed by atoms with Crippen LogP contribution in [-0.2, 0) is 26.1 Å². The highest BCUT2D eigenvalue weighted by Gasteiger charge is 2.34. The third kappa shape index (κ3) is 4.85.